The molecule has 2 heterocycles. The number of ether oxygens (including phenoxy) is 2. The first-order chi connectivity index (χ1) is 16.6. The Balaban J connectivity index is 1.42. The van der Waals surface area contributed by atoms with E-state index in [4.69, 9.17) is 4.74 Å². The molecule has 35 heavy (non-hydrogen) atoms. The molecule has 186 valence electrons. The van der Waals surface area contributed by atoms with Gasteiger partial charge in [-0.2, -0.15) is 0 Å². The third-order valence-electron chi connectivity index (χ3n) is 4.94. The largest absolute Gasteiger partial charge is 0.573 e. The maximum absolute atomic E-state index is 12.6. The van der Waals surface area contributed by atoms with Crippen LogP contribution in [0, 0.1) is 6.92 Å². The molecule has 4 rings (SSSR count). The van der Waals surface area contributed by atoms with E-state index in [1.165, 1.54) is 0 Å². The highest BCUT2D eigenvalue weighted by Gasteiger charge is 2.31. The van der Waals surface area contributed by atoms with Crippen molar-refractivity contribution in [1.82, 2.24) is 9.97 Å². The molecule has 3 aromatic rings. The van der Waals surface area contributed by atoms with Gasteiger partial charge in [0.1, 0.15) is 23.2 Å². The molecular formula is C22H22F3N5O4S. The first-order valence-corrected chi connectivity index (χ1v) is 12.0. The van der Waals surface area contributed by atoms with Crippen LogP contribution in [0.25, 0.3) is 0 Å². The monoisotopic (exact) mass is 509 g/mol. The van der Waals surface area contributed by atoms with Gasteiger partial charge in [-0.3, -0.25) is 4.72 Å². The lowest BCUT2D eigenvalue weighted by Gasteiger charge is -2.28. The Bertz CT molecular complexity index is 1260. The molecular weight excluding hydrogens is 487 g/mol. The third kappa shape index (κ3) is 6.73. The number of hydrogen-bond donors (Lipinski definition) is 2. The van der Waals surface area contributed by atoms with Crippen LogP contribution in [0.2, 0.25) is 0 Å². The van der Waals surface area contributed by atoms with E-state index in [2.05, 4.69) is 29.6 Å². The van der Waals surface area contributed by atoms with Crippen molar-refractivity contribution in [2.75, 3.05) is 41.2 Å². The van der Waals surface area contributed by atoms with Crippen LogP contribution >= 0.6 is 0 Å². The van der Waals surface area contributed by atoms with E-state index in [1.54, 1.807) is 31.2 Å². The van der Waals surface area contributed by atoms with Crippen LogP contribution in [0.15, 0.2) is 59.5 Å². The van der Waals surface area contributed by atoms with E-state index in [0.29, 0.717) is 30.5 Å². The summed E-state index contributed by atoms with van der Waals surface area (Å²) in [6.45, 7) is 4.55. The molecule has 1 fully saturated rings. The van der Waals surface area contributed by atoms with Crippen molar-refractivity contribution in [3.63, 3.8) is 0 Å². The predicted octanol–water partition coefficient (Wildman–Crippen LogP) is 4.06. The van der Waals surface area contributed by atoms with Crippen molar-refractivity contribution in [1.29, 1.82) is 0 Å². The molecule has 0 saturated carbocycles. The molecule has 1 aliphatic heterocycles. The molecule has 0 bridgehead atoms. The van der Waals surface area contributed by atoms with Gasteiger partial charge in [-0.15, -0.1) is 13.2 Å². The fourth-order valence-electron chi connectivity index (χ4n) is 3.37. The van der Waals surface area contributed by atoms with Gasteiger partial charge >= 0.3 is 6.36 Å². The van der Waals surface area contributed by atoms with E-state index in [1.807, 2.05) is 6.07 Å². The van der Waals surface area contributed by atoms with E-state index in [0.717, 1.165) is 43.2 Å². The molecule has 1 aliphatic rings. The number of aromatic nitrogens is 2. The van der Waals surface area contributed by atoms with Gasteiger partial charge in [0.05, 0.1) is 18.1 Å². The fourth-order valence-corrected chi connectivity index (χ4v) is 4.43. The lowest BCUT2D eigenvalue weighted by molar-refractivity contribution is -0.274. The first kappa shape index (κ1) is 24.5. The molecule has 0 radical (unpaired) electrons. The Morgan fingerprint density at radius 3 is 2.23 bits per heavy atom. The predicted molar refractivity (Wildman–Crippen MR) is 123 cm³/mol. The number of nitrogens with zero attached hydrogens (tertiary/aromatic N) is 3. The summed E-state index contributed by atoms with van der Waals surface area (Å²) in [4.78, 5) is 10.8. The highest BCUT2D eigenvalue weighted by Crippen LogP contribution is 2.26. The van der Waals surface area contributed by atoms with Gasteiger partial charge in [-0.05, 0) is 55.5 Å². The number of alkyl halides is 3. The maximum atomic E-state index is 12.6. The number of morpholine rings is 1. The maximum Gasteiger partial charge on any atom is 0.573 e. The zero-order valence-corrected chi connectivity index (χ0v) is 19.4. The molecule has 9 nitrogen and oxygen atoms in total. The molecule has 2 N–H and O–H groups in total. The van der Waals surface area contributed by atoms with Gasteiger partial charge in [0.2, 0.25) is 0 Å². The number of sulfonamides is 1. The van der Waals surface area contributed by atoms with Gasteiger partial charge in [0, 0.05) is 30.5 Å². The van der Waals surface area contributed by atoms with Crippen molar-refractivity contribution >= 4 is 33.0 Å². The van der Waals surface area contributed by atoms with Crippen LogP contribution in [-0.4, -0.2) is 51.1 Å². The number of benzene rings is 2. The van der Waals surface area contributed by atoms with Gasteiger partial charge < -0.3 is 19.7 Å². The van der Waals surface area contributed by atoms with Crippen molar-refractivity contribution < 1.29 is 31.1 Å². The van der Waals surface area contributed by atoms with Crippen LogP contribution in [0.4, 0.5) is 36.2 Å². The average Bonchev–Trinajstić information content (AvgIpc) is 2.80. The van der Waals surface area contributed by atoms with Crippen LogP contribution in [-0.2, 0) is 14.8 Å². The molecule has 0 unspecified atom stereocenters. The summed E-state index contributed by atoms with van der Waals surface area (Å²) in [5.74, 6) is 1.48. The van der Waals surface area contributed by atoms with Crippen LogP contribution in [0.5, 0.6) is 5.75 Å². The van der Waals surface area contributed by atoms with Gasteiger partial charge in [0.15, 0.2) is 0 Å². The molecule has 0 atom stereocenters. The van der Waals surface area contributed by atoms with Gasteiger partial charge in [0.25, 0.3) is 10.0 Å². The quantitative estimate of drug-likeness (QED) is 0.491. The Morgan fingerprint density at radius 2 is 1.60 bits per heavy atom. The molecule has 1 saturated heterocycles. The standard InChI is InChI=1S/C22H22F3N5O4S/c1-15-26-20(14-21(27-15)30-10-12-33-13-11-30)28-16-2-4-17(5-3-16)29-35(31,32)19-8-6-18(7-9-19)34-22(23,24)25/h2-9,14,29H,10-13H2,1H3,(H,26,27,28). The highest BCUT2D eigenvalue weighted by atomic mass is 32.2. The number of anilines is 4. The van der Waals surface area contributed by atoms with Crippen molar-refractivity contribution in [2.24, 2.45) is 0 Å². The number of halogens is 3. The second-order valence-electron chi connectivity index (χ2n) is 7.59. The molecule has 0 amide bonds. The molecule has 0 aliphatic carbocycles. The zero-order valence-electron chi connectivity index (χ0n) is 18.5. The Hall–Kier alpha value is -3.58. The second-order valence-corrected chi connectivity index (χ2v) is 9.27. The summed E-state index contributed by atoms with van der Waals surface area (Å²) >= 11 is 0. The highest BCUT2D eigenvalue weighted by molar-refractivity contribution is 7.92. The lowest BCUT2D eigenvalue weighted by Crippen LogP contribution is -2.36. The number of aryl methyl sites for hydroxylation is 1. The average molecular weight is 510 g/mol. The van der Waals surface area contributed by atoms with Gasteiger partial charge in [-0.1, -0.05) is 0 Å². The summed E-state index contributed by atoms with van der Waals surface area (Å²) in [6, 6.07) is 12.2. The van der Waals surface area contributed by atoms with Crippen molar-refractivity contribution in [3.8, 4) is 5.75 Å². The van der Waals surface area contributed by atoms with E-state index >= 15 is 0 Å². The van der Waals surface area contributed by atoms with E-state index in [-0.39, 0.29) is 10.6 Å². The van der Waals surface area contributed by atoms with Crippen LogP contribution in [0.3, 0.4) is 0 Å². The van der Waals surface area contributed by atoms with Crippen molar-refractivity contribution in [2.45, 2.75) is 18.2 Å². The third-order valence-corrected chi connectivity index (χ3v) is 6.33. The molecule has 2 aromatic carbocycles. The minimum atomic E-state index is -4.86. The number of hydrogen-bond acceptors (Lipinski definition) is 8. The topological polar surface area (TPSA) is 106 Å². The van der Waals surface area contributed by atoms with Gasteiger partial charge in [-0.25, -0.2) is 18.4 Å². The Morgan fingerprint density at radius 1 is 0.971 bits per heavy atom. The van der Waals surface area contributed by atoms with E-state index in [9.17, 15) is 21.6 Å². The summed E-state index contributed by atoms with van der Waals surface area (Å²) in [5, 5.41) is 3.18. The number of nitrogens with one attached hydrogen (secondary N) is 2. The second kappa shape index (κ2) is 9.96. The van der Waals surface area contributed by atoms with Crippen molar-refractivity contribution in [3.05, 3.63) is 60.4 Å². The molecule has 0 spiro atoms. The Labute approximate surface area is 200 Å². The molecule has 13 heteroatoms. The summed E-state index contributed by atoms with van der Waals surface area (Å²) in [5.41, 5.74) is 0.951. The number of rotatable bonds is 7. The molecule has 1 aromatic heterocycles. The normalized spacial score (nSPS) is 14.5. The zero-order chi connectivity index (χ0) is 25.1. The summed E-state index contributed by atoms with van der Waals surface area (Å²) < 4.78 is 73.5. The first-order valence-electron chi connectivity index (χ1n) is 10.5. The summed E-state index contributed by atoms with van der Waals surface area (Å²) in [7, 11) is -4.01. The Kier molecular flexibility index (Phi) is 6.98. The van der Waals surface area contributed by atoms with Crippen LogP contribution < -0.4 is 19.7 Å². The fraction of sp³-hybridized carbons (Fsp3) is 0.273. The smallest absolute Gasteiger partial charge is 0.406 e. The van der Waals surface area contributed by atoms with E-state index < -0.39 is 22.1 Å². The lowest BCUT2D eigenvalue weighted by atomic mass is 10.3. The minimum absolute atomic E-state index is 0.207. The summed E-state index contributed by atoms with van der Waals surface area (Å²) in [6.07, 6.45) is -4.86. The van der Waals surface area contributed by atoms with Crippen LogP contribution in [0.1, 0.15) is 5.82 Å². The minimum Gasteiger partial charge on any atom is -0.406 e. The SMILES string of the molecule is Cc1nc(Nc2ccc(NS(=O)(=O)c3ccc(OC(F)(F)F)cc3)cc2)cc(N2CCOCC2)n1.